The van der Waals surface area contributed by atoms with Gasteiger partial charge in [-0.3, -0.25) is 9.59 Å². The molecule has 0 radical (unpaired) electrons. The zero-order valence-corrected chi connectivity index (χ0v) is 15.1. The number of halogens is 1. The van der Waals surface area contributed by atoms with Gasteiger partial charge in [0.15, 0.2) is 21.9 Å². The van der Waals surface area contributed by atoms with Crippen LogP contribution in [0, 0.1) is 0 Å². The van der Waals surface area contributed by atoms with E-state index in [1.54, 1.807) is 6.07 Å². The SMILES string of the molecule is CC(NC(=O)CNC(=O)c1ccc(Br)o1)c1ccc2c(c1)OCCO2. The monoisotopic (exact) mass is 408 g/mol. The molecule has 2 heterocycles. The summed E-state index contributed by atoms with van der Waals surface area (Å²) in [6.45, 7) is 2.75. The Morgan fingerprint density at radius 1 is 1.16 bits per heavy atom. The molecule has 25 heavy (non-hydrogen) atoms. The largest absolute Gasteiger partial charge is 0.486 e. The van der Waals surface area contributed by atoms with Crippen LogP contribution >= 0.6 is 15.9 Å². The van der Waals surface area contributed by atoms with Crippen LogP contribution in [-0.2, 0) is 4.79 Å². The van der Waals surface area contributed by atoms with Crippen molar-refractivity contribution in [3.63, 3.8) is 0 Å². The number of benzene rings is 1. The van der Waals surface area contributed by atoms with E-state index in [-0.39, 0.29) is 24.3 Å². The summed E-state index contributed by atoms with van der Waals surface area (Å²) in [4.78, 5) is 23.9. The van der Waals surface area contributed by atoms with Gasteiger partial charge in [-0.05, 0) is 52.7 Å². The van der Waals surface area contributed by atoms with Crippen molar-refractivity contribution in [2.45, 2.75) is 13.0 Å². The van der Waals surface area contributed by atoms with Gasteiger partial charge in [-0.15, -0.1) is 0 Å². The zero-order valence-electron chi connectivity index (χ0n) is 13.5. The van der Waals surface area contributed by atoms with Crippen LogP contribution in [0.2, 0.25) is 0 Å². The van der Waals surface area contributed by atoms with Gasteiger partial charge in [0.05, 0.1) is 12.6 Å². The van der Waals surface area contributed by atoms with Crippen LogP contribution < -0.4 is 20.1 Å². The van der Waals surface area contributed by atoms with Crippen molar-refractivity contribution >= 4 is 27.7 Å². The Labute approximate surface area is 152 Å². The highest BCUT2D eigenvalue weighted by atomic mass is 79.9. The van der Waals surface area contributed by atoms with Crippen LogP contribution in [0.5, 0.6) is 11.5 Å². The third kappa shape index (κ3) is 4.33. The molecule has 1 aromatic heterocycles. The number of nitrogens with one attached hydrogen (secondary N) is 2. The zero-order chi connectivity index (χ0) is 17.8. The van der Waals surface area contributed by atoms with Gasteiger partial charge in [-0.25, -0.2) is 0 Å². The van der Waals surface area contributed by atoms with Crippen molar-refractivity contribution in [2.75, 3.05) is 19.8 Å². The van der Waals surface area contributed by atoms with Crippen molar-refractivity contribution in [1.29, 1.82) is 0 Å². The molecule has 1 unspecified atom stereocenters. The first-order valence-corrected chi connectivity index (χ1v) is 8.54. The van der Waals surface area contributed by atoms with Gasteiger partial charge in [0, 0.05) is 0 Å². The van der Waals surface area contributed by atoms with E-state index in [0.29, 0.717) is 29.4 Å². The molecule has 8 heteroatoms. The highest BCUT2D eigenvalue weighted by Crippen LogP contribution is 2.32. The molecule has 132 valence electrons. The topological polar surface area (TPSA) is 89.8 Å². The normalized spacial score (nSPS) is 13.8. The van der Waals surface area contributed by atoms with E-state index in [4.69, 9.17) is 13.9 Å². The van der Waals surface area contributed by atoms with E-state index in [9.17, 15) is 9.59 Å². The fourth-order valence-electron chi connectivity index (χ4n) is 2.39. The summed E-state index contributed by atoms with van der Waals surface area (Å²) in [5.74, 6) is 0.751. The number of amides is 2. The first-order chi connectivity index (χ1) is 12.0. The summed E-state index contributed by atoms with van der Waals surface area (Å²) in [6, 6.07) is 8.44. The van der Waals surface area contributed by atoms with Crippen molar-refractivity contribution in [1.82, 2.24) is 10.6 Å². The molecule has 7 nitrogen and oxygen atoms in total. The maximum atomic E-state index is 12.0. The number of carbonyl (C=O) groups excluding carboxylic acids is 2. The number of rotatable bonds is 5. The minimum Gasteiger partial charge on any atom is -0.486 e. The Kier molecular flexibility index (Phi) is 5.28. The molecule has 2 N–H and O–H groups in total. The summed E-state index contributed by atoms with van der Waals surface area (Å²) in [5, 5.41) is 5.33. The Balaban J connectivity index is 1.53. The Morgan fingerprint density at radius 2 is 1.92 bits per heavy atom. The van der Waals surface area contributed by atoms with E-state index in [1.807, 2.05) is 25.1 Å². The van der Waals surface area contributed by atoms with Gasteiger partial charge < -0.3 is 24.5 Å². The third-order valence-corrected chi connectivity index (χ3v) is 4.08. The lowest BCUT2D eigenvalue weighted by Crippen LogP contribution is -2.37. The predicted molar refractivity (Wildman–Crippen MR) is 92.7 cm³/mol. The van der Waals surface area contributed by atoms with Crippen LogP contribution in [0.25, 0.3) is 0 Å². The quantitative estimate of drug-likeness (QED) is 0.792. The molecular formula is C17H17BrN2O5. The molecule has 1 aromatic carbocycles. The van der Waals surface area contributed by atoms with E-state index < -0.39 is 5.91 Å². The van der Waals surface area contributed by atoms with Gasteiger partial charge in [-0.1, -0.05) is 6.07 Å². The number of carbonyl (C=O) groups is 2. The van der Waals surface area contributed by atoms with Gasteiger partial charge >= 0.3 is 0 Å². The van der Waals surface area contributed by atoms with Crippen molar-refractivity contribution < 1.29 is 23.5 Å². The van der Waals surface area contributed by atoms with Crippen LogP contribution in [0.1, 0.15) is 29.1 Å². The van der Waals surface area contributed by atoms with Crippen LogP contribution in [0.3, 0.4) is 0 Å². The van der Waals surface area contributed by atoms with Crippen molar-refractivity contribution in [2.24, 2.45) is 0 Å². The summed E-state index contributed by atoms with van der Waals surface area (Å²) in [5.41, 5.74) is 0.888. The van der Waals surface area contributed by atoms with Gasteiger partial charge in [-0.2, -0.15) is 0 Å². The van der Waals surface area contributed by atoms with E-state index in [2.05, 4.69) is 26.6 Å². The smallest absolute Gasteiger partial charge is 0.287 e. The molecule has 0 saturated carbocycles. The van der Waals surface area contributed by atoms with E-state index >= 15 is 0 Å². The summed E-state index contributed by atoms with van der Waals surface area (Å²) >= 11 is 3.12. The fraction of sp³-hybridized carbons (Fsp3) is 0.294. The van der Waals surface area contributed by atoms with Gasteiger partial charge in [0.25, 0.3) is 5.91 Å². The second-order valence-electron chi connectivity index (χ2n) is 5.48. The van der Waals surface area contributed by atoms with Crippen LogP contribution in [0.4, 0.5) is 0 Å². The predicted octanol–water partition coefficient (Wildman–Crippen LogP) is 2.42. The molecule has 0 bridgehead atoms. The van der Waals surface area contributed by atoms with E-state index in [0.717, 1.165) is 5.56 Å². The minimum atomic E-state index is -0.451. The number of ether oxygens (including phenoxy) is 2. The molecule has 2 amide bonds. The highest BCUT2D eigenvalue weighted by molar-refractivity contribution is 9.10. The Morgan fingerprint density at radius 3 is 2.64 bits per heavy atom. The van der Waals surface area contributed by atoms with Gasteiger partial charge in [0.2, 0.25) is 5.91 Å². The lowest BCUT2D eigenvalue weighted by atomic mass is 10.1. The lowest BCUT2D eigenvalue weighted by molar-refractivity contribution is -0.120. The molecule has 1 aliphatic heterocycles. The van der Waals surface area contributed by atoms with Crippen LogP contribution in [-0.4, -0.2) is 31.6 Å². The molecule has 0 spiro atoms. The standard InChI is InChI=1S/C17H17BrN2O5/c1-10(11-2-3-12-14(8-11)24-7-6-23-12)20-16(21)9-19-17(22)13-4-5-15(18)25-13/h2-5,8,10H,6-7,9H2,1H3,(H,19,22)(H,20,21). The van der Waals surface area contributed by atoms with Crippen LogP contribution in [0.15, 0.2) is 39.4 Å². The summed E-state index contributed by atoms with van der Waals surface area (Å²) in [6.07, 6.45) is 0. The minimum absolute atomic E-state index is 0.138. The first-order valence-electron chi connectivity index (χ1n) is 7.75. The second kappa shape index (κ2) is 7.60. The number of hydrogen-bond donors (Lipinski definition) is 2. The highest BCUT2D eigenvalue weighted by Gasteiger charge is 2.17. The first kappa shape index (κ1) is 17.3. The number of fused-ring (bicyclic) bond motifs is 1. The van der Waals surface area contributed by atoms with Crippen molar-refractivity contribution in [3.05, 3.63) is 46.3 Å². The van der Waals surface area contributed by atoms with Crippen molar-refractivity contribution in [3.8, 4) is 11.5 Å². The molecule has 1 atom stereocenters. The average molecular weight is 409 g/mol. The molecule has 3 rings (SSSR count). The molecular weight excluding hydrogens is 392 g/mol. The average Bonchev–Trinajstić information content (AvgIpc) is 3.05. The Hall–Kier alpha value is -2.48. The maximum absolute atomic E-state index is 12.0. The summed E-state index contributed by atoms with van der Waals surface area (Å²) in [7, 11) is 0. The second-order valence-corrected chi connectivity index (χ2v) is 6.26. The molecule has 2 aromatic rings. The number of hydrogen-bond acceptors (Lipinski definition) is 5. The maximum Gasteiger partial charge on any atom is 0.287 e. The number of furan rings is 1. The summed E-state index contributed by atoms with van der Waals surface area (Å²) < 4.78 is 16.6. The molecule has 0 aliphatic carbocycles. The molecule has 0 saturated heterocycles. The third-order valence-electron chi connectivity index (χ3n) is 3.65. The fourth-order valence-corrected chi connectivity index (χ4v) is 2.70. The van der Waals surface area contributed by atoms with E-state index in [1.165, 1.54) is 6.07 Å². The van der Waals surface area contributed by atoms with Gasteiger partial charge in [0.1, 0.15) is 13.2 Å². The molecule has 1 aliphatic rings. The lowest BCUT2D eigenvalue weighted by Gasteiger charge is -2.21. The molecule has 0 fully saturated rings. The Bertz CT molecular complexity index is 789.